The lowest BCUT2D eigenvalue weighted by atomic mass is 9.86. The third-order valence-electron chi connectivity index (χ3n) is 3.61. The molecule has 0 amide bonds. The van der Waals surface area contributed by atoms with Gasteiger partial charge in [-0.2, -0.15) is 4.98 Å². The molecule has 0 bridgehead atoms. The van der Waals surface area contributed by atoms with E-state index in [1.165, 1.54) is 0 Å². The Kier molecular flexibility index (Phi) is 2.87. The summed E-state index contributed by atoms with van der Waals surface area (Å²) in [5.74, 6) is 1.71. The highest BCUT2D eigenvalue weighted by Gasteiger charge is 2.25. The van der Waals surface area contributed by atoms with Crippen molar-refractivity contribution in [3.63, 3.8) is 0 Å². The molecule has 18 heavy (non-hydrogen) atoms. The Morgan fingerprint density at radius 2 is 2.11 bits per heavy atom. The number of hydrogen-bond acceptors (Lipinski definition) is 5. The molecule has 2 aromatic heterocycles. The summed E-state index contributed by atoms with van der Waals surface area (Å²) in [4.78, 5) is 8.54. The molecule has 1 aliphatic carbocycles. The SMILES string of the molecule is Cn1cncc1-c1noc(C2CCC(N)CC2)n1. The summed E-state index contributed by atoms with van der Waals surface area (Å²) in [6.45, 7) is 0. The molecule has 2 heterocycles. The summed E-state index contributed by atoms with van der Waals surface area (Å²) in [5, 5.41) is 4.04. The van der Waals surface area contributed by atoms with Crippen molar-refractivity contribution in [3.05, 3.63) is 18.4 Å². The van der Waals surface area contributed by atoms with Crippen molar-refractivity contribution in [1.29, 1.82) is 0 Å². The molecule has 2 aromatic rings. The van der Waals surface area contributed by atoms with Crippen LogP contribution in [0.5, 0.6) is 0 Å². The van der Waals surface area contributed by atoms with Crippen molar-refractivity contribution in [2.45, 2.75) is 37.6 Å². The van der Waals surface area contributed by atoms with E-state index in [0.717, 1.165) is 37.3 Å². The van der Waals surface area contributed by atoms with E-state index in [0.29, 0.717) is 17.8 Å². The van der Waals surface area contributed by atoms with Crippen LogP contribution in [0.4, 0.5) is 0 Å². The third-order valence-corrected chi connectivity index (χ3v) is 3.61. The van der Waals surface area contributed by atoms with Gasteiger partial charge in [0.1, 0.15) is 5.69 Å². The summed E-state index contributed by atoms with van der Waals surface area (Å²) in [5.41, 5.74) is 6.77. The topological polar surface area (TPSA) is 82.8 Å². The Labute approximate surface area is 105 Å². The number of aryl methyl sites for hydroxylation is 1. The van der Waals surface area contributed by atoms with E-state index in [9.17, 15) is 0 Å². The standard InChI is InChI=1S/C12H17N5O/c1-17-7-14-6-10(17)11-15-12(18-16-11)8-2-4-9(13)5-3-8/h6-9H,2-5,13H2,1H3. The summed E-state index contributed by atoms with van der Waals surface area (Å²) >= 11 is 0. The van der Waals surface area contributed by atoms with E-state index in [1.54, 1.807) is 12.5 Å². The molecule has 1 fully saturated rings. The summed E-state index contributed by atoms with van der Waals surface area (Å²) in [6.07, 6.45) is 7.61. The normalized spacial score (nSPS) is 24.3. The van der Waals surface area contributed by atoms with Crippen LogP contribution in [0.3, 0.4) is 0 Å². The van der Waals surface area contributed by atoms with Crippen LogP contribution in [0, 0.1) is 0 Å². The second-order valence-corrected chi connectivity index (χ2v) is 4.96. The number of nitrogens with zero attached hydrogens (tertiary/aromatic N) is 4. The first-order valence-corrected chi connectivity index (χ1v) is 6.30. The number of aromatic nitrogens is 4. The Bertz CT molecular complexity index is 524. The number of imidazole rings is 1. The average molecular weight is 247 g/mol. The van der Waals surface area contributed by atoms with Crippen LogP contribution in [-0.4, -0.2) is 25.7 Å². The maximum atomic E-state index is 5.90. The maximum Gasteiger partial charge on any atom is 0.230 e. The first-order valence-electron chi connectivity index (χ1n) is 6.30. The molecule has 3 rings (SSSR count). The van der Waals surface area contributed by atoms with Gasteiger partial charge in [-0.25, -0.2) is 4.98 Å². The van der Waals surface area contributed by atoms with Crippen LogP contribution in [0.25, 0.3) is 11.5 Å². The fourth-order valence-corrected chi connectivity index (χ4v) is 2.44. The zero-order chi connectivity index (χ0) is 12.5. The van der Waals surface area contributed by atoms with Crippen LogP contribution in [0.1, 0.15) is 37.5 Å². The van der Waals surface area contributed by atoms with E-state index in [1.807, 2.05) is 11.6 Å². The molecule has 0 unspecified atom stereocenters. The molecule has 0 aliphatic heterocycles. The monoisotopic (exact) mass is 247 g/mol. The first-order chi connectivity index (χ1) is 8.74. The summed E-state index contributed by atoms with van der Waals surface area (Å²) < 4.78 is 7.26. The van der Waals surface area contributed by atoms with Gasteiger partial charge in [0.15, 0.2) is 0 Å². The van der Waals surface area contributed by atoms with Crippen LogP contribution in [-0.2, 0) is 7.05 Å². The molecule has 2 N–H and O–H groups in total. The van der Waals surface area contributed by atoms with Gasteiger partial charge in [0.25, 0.3) is 0 Å². The van der Waals surface area contributed by atoms with E-state index < -0.39 is 0 Å². The van der Waals surface area contributed by atoms with Crippen LogP contribution >= 0.6 is 0 Å². The van der Waals surface area contributed by atoms with Crippen molar-refractivity contribution in [1.82, 2.24) is 19.7 Å². The van der Waals surface area contributed by atoms with E-state index in [-0.39, 0.29) is 0 Å². The molecule has 0 aromatic carbocycles. The van der Waals surface area contributed by atoms with Crippen molar-refractivity contribution < 1.29 is 4.52 Å². The van der Waals surface area contributed by atoms with Gasteiger partial charge < -0.3 is 14.8 Å². The minimum absolute atomic E-state index is 0.334. The maximum absolute atomic E-state index is 5.90. The van der Waals surface area contributed by atoms with Crippen molar-refractivity contribution in [2.24, 2.45) is 12.8 Å². The van der Waals surface area contributed by atoms with E-state index in [2.05, 4.69) is 15.1 Å². The van der Waals surface area contributed by atoms with Crippen LogP contribution < -0.4 is 5.73 Å². The lowest BCUT2D eigenvalue weighted by molar-refractivity contribution is 0.301. The highest BCUT2D eigenvalue weighted by atomic mass is 16.5. The predicted molar refractivity (Wildman–Crippen MR) is 65.7 cm³/mol. The zero-order valence-corrected chi connectivity index (χ0v) is 10.4. The molecular formula is C12H17N5O. The Balaban J connectivity index is 1.80. The molecule has 96 valence electrons. The van der Waals surface area contributed by atoms with Gasteiger partial charge in [-0.05, 0) is 25.7 Å². The number of nitrogens with two attached hydrogens (primary N) is 1. The van der Waals surface area contributed by atoms with Gasteiger partial charge in [0.2, 0.25) is 11.7 Å². The van der Waals surface area contributed by atoms with E-state index >= 15 is 0 Å². The van der Waals surface area contributed by atoms with Crippen molar-refractivity contribution >= 4 is 0 Å². The van der Waals surface area contributed by atoms with Crippen LogP contribution in [0.2, 0.25) is 0 Å². The second-order valence-electron chi connectivity index (χ2n) is 4.96. The molecule has 6 heteroatoms. The molecule has 0 radical (unpaired) electrons. The molecule has 6 nitrogen and oxygen atoms in total. The summed E-state index contributed by atoms with van der Waals surface area (Å²) in [6, 6.07) is 0.334. The highest BCUT2D eigenvalue weighted by Crippen LogP contribution is 2.32. The quantitative estimate of drug-likeness (QED) is 0.868. The molecule has 1 saturated carbocycles. The molecule has 0 atom stereocenters. The van der Waals surface area contributed by atoms with Crippen molar-refractivity contribution in [3.8, 4) is 11.5 Å². The fourth-order valence-electron chi connectivity index (χ4n) is 2.44. The largest absolute Gasteiger partial charge is 0.339 e. The molecular weight excluding hydrogens is 230 g/mol. The number of hydrogen-bond donors (Lipinski definition) is 1. The fraction of sp³-hybridized carbons (Fsp3) is 0.583. The van der Waals surface area contributed by atoms with E-state index in [4.69, 9.17) is 10.3 Å². The molecule has 0 saturated heterocycles. The summed E-state index contributed by atoms with van der Waals surface area (Å²) in [7, 11) is 1.91. The lowest BCUT2D eigenvalue weighted by Gasteiger charge is -2.22. The number of rotatable bonds is 2. The second kappa shape index (κ2) is 4.53. The van der Waals surface area contributed by atoms with Gasteiger partial charge >= 0.3 is 0 Å². The predicted octanol–water partition coefficient (Wildman–Crippen LogP) is 1.45. The van der Waals surface area contributed by atoms with Crippen molar-refractivity contribution in [2.75, 3.05) is 0 Å². The Morgan fingerprint density at radius 1 is 1.33 bits per heavy atom. The molecule has 0 spiro atoms. The first kappa shape index (κ1) is 11.4. The van der Waals surface area contributed by atoms with Crippen LogP contribution in [0.15, 0.2) is 17.0 Å². The van der Waals surface area contributed by atoms with Gasteiger partial charge in [0, 0.05) is 19.0 Å². The Hall–Kier alpha value is -1.69. The van der Waals surface area contributed by atoms with Gasteiger partial charge in [-0.3, -0.25) is 0 Å². The Morgan fingerprint density at radius 3 is 2.78 bits per heavy atom. The van der Waals surface area contributed by atoms with Gasteiger partial charge in [-0.1, -0.05) is 5.16 Å². The highest BCUT2D eigenvalue weighted by molar-refractivity contribution is 5.47. The molecule has 1 aliphatic rings. The minimum Gasteiger partial charge on any atom is -0.339 e. The van der Waals surface area contributed by atoms with Gasteiger partial charge in [0.05, 0.1) is 12.5 Å². The minimum atomic E-state index is 0.334. The lowest BCUT2D eigenvalue weighted by Crippen LogP contribution is -2.25. The zero-order valence-electron chi connectivity index (χ0n) is 10.4. The smallest absolute Gasteiger partial charge is 0.230 e. The third kappa shape index (κ3) is 2.03. The van der Waals surface area contributed by atoms with Gasteiger partial charge in [-0.15, -0.1) is 0 Å². The average Bonchev–Trinajstić information content (AvgIpc) is 2.98.